The second-order valence-corrected chi connectivity index (χ2v) is 4.63. The number of rotatable bonds is 2. The summed E-state index contributed by atoms with van der Waals surface area (Å²) in [5.41, 5.74) is 0. The minimum Gasteiger partial charge on any atom is -0.396 e. The van der Waals surface area contributed by atoms with E-state index in [1.165, 1.54) is 0 Å². The molecule has 2 rings (SSSR count). The Bertz CT molecular complexity index is 233. The van der Waals surface area contributed by atoms with Gasteiger partial charge in [0.1, 0.15) is 5.78 Å². The van der Waals surface area contributed by atoms with Crippen LogP contribution in [-0.4, -0.2) is 43.7 Å². The van der Waals surface area contributed by atoms with Gasteiger partial charge in [0.05, 0.1) is 0 Å². The lowest BCUT2D eigenvalue weighted by atomic mass is 9.74. The van der Waals surface area contributed by atoms with Crippen LogP contribution in [0.1, 0.15) is 12.8 Å². The van der Waals surface area contributed by atoms with Gasteiger partial charge >= 0.3 is 0 Å². The number of Topliss-reactive ketones (excluding diaryl/α,β-unsaturated/α-hetero) is 1. The van der Waals surface area contributed by atoms with Crippen molar-refractivity contribution in [2.24, 2.45) is 17.8 Å². The van der Waals surface area contributed by atoms with E-state index in [9.17, 15) is 9.90 Å². The maximum absolute atomic E-state index is 11.8. The first-order chi connectivity index (χ1) is 7.33. The van der Waals surface area contributed by atoms with Gasteiger partial charge in [0.2, 0.25) is 0 Å². The number of aliphatic hydroxyl groups is 1. The second-order valence-electron chi connectivity index (χ2n) is 4.63. The van der Waals surface area contributed by atoms with Crippen LogP contribution in [0, 0.1) is 17.8 Å². The number of piperidine rings is 2. The van der Waals surface area contributed by atoms with Crippen molar-refractivity contribution in [2.45, 2.75) is 12.8 Å². The molecule has 0 saturated carbocycles. The summed E-state index contributed by atoms with van der Waals surface area (Å²) in [4.78, 5) is 11.8. The normalized spacial score (nSPS) is 37.9. The molecule has 3 N–H and O–H groups in total. The predicted molar refractivity (Wildman–Crippen MR) is 57.5 cm³/mol. The lowest BCUT2D eigenvalue weighted by Crippen LogP contribution is -2.49. The third-order valence-corrected chi connectivity index (χ3v) is 3.75. The fourth-order valence-corrected chi connectivity index (χ4v) is 2.79. The number of ketones is 1. The van der Waals surface area contributed by atoms with Crippen LogP contribution in [0.4, 0.5) is 0 Å². The van der Waals surface area contributed by atoms with E-state index in [0.29, 0.717) is 24.0 Å². The Morgan fingerprint density at radius 3 is 2.80 bits per heavy atom. The summed E-state index contributed by atoms with van der Waals surface area (Å²) in [5.74, 6) is 1.12. The van der Waals surface area contributed by atoms with E-state index < -0.39 is 0 Å². The molecule has 86 valence electrons. The third-order valence-electron chi connectivity index (χ3n) is 3.75. The van der Waals surface area contributed by atoms with Gasteiger partial charge in [0.25, 0.3) is 0 Å². The Hall–Kier alpha value is -0.450. The summed E-state index contributed by atoms with van der Waals surface area (Å²) in [6, 6.07) is 0. The van der Waals surface area contributed by atoms with Crippen molar-refractivity contribution >= 4 is 5.78 Å². The zero-order chi connectivity index (χ0) is 10.7. The maximum Gasteiger partial charge on any atom is 0.138 e. The van der Waals surface area contributed by atoms with Crippen LogP contribution in [0.3, 0.4) is 0 Å². The minimum absolute atomic E-state index is 0.115. The molecule has 0 aromatic heterocycles. The van der Waals surface area contributed by atoms with Gasteiger partial charge in [-0.25, -0.2) is 0 Å². The SMILES string of the molecule is O=C1CCNCC1C1CNCCC1CO. The van der Waals surface area contributed by atoms with Gasteiger partial charge in [-0.1, -0.05) is 0 Å². The summed E-state index contributed by atoms with van der Waals surface area (Å²) in [6.07, 6.45) is 1.64. The molecule has 0 spiro atoms. The lowest BCUT2D eigenvalue weighted by molar-refractivity contribution is -0.127. The molecule has 3 unspecified atom stereocenters. The van der Waals surface area contributed by atoms with E-state index >= 15 is 0 Å². The monoisotopic (exact) mass is 212 g/mol. The van der Waals surface area contributed by atoms with Crippen molar-refractivity contribution < 1.29 is 9.90 Å². The van der Waals surface area contributed by atoms with Crippen LogP contribution in [-0.2, 0) is 4.79 Å². The molecule has 0 radical (unpaired) electrons. The molecule has 3 atom stereocenters. The number of carbonyl (C=O) groups excluding carboxylic acids is 1. The summed E-state index contributed by atoms with van der Waals surface area (Å²) in [5, 5.41) is 15.9. The fourth-order valence-electron chi connectivity index (χ4n) is 2.79. The zero-order valence-corrected chi connectivity index (χ0v) is 9.04. The Labute approximate surface area is 90.4 Å². The van der Waals surface area contributed by atoms with Crippen molar-refractivity contribution in [3.05, 3.63) is 0 Å². The predicted octanol–water partition coefficient (Wildman–Crippen LogP) is -0.617. The fraction of sp³-hybridized carbons (Fsp3) is 0.909. The molecular weight excluding hydrogens is 192 g/mol. The largest absolute Gasteiger partial charge is 0.396 e. The molecule has 4 heteroatoms. The molecule has 2 heterocycles. The van der Waals surface area contributed by atoms with Crippen LogP contribution in [0.25, 0.3) is 0 Å². The van der Waals surface area contributed by atoms with E-state index in [0.717, 1.165) is 32.6 Å². The Kier molecular flexibility index (Phi) is 3.72. The Balaban J connectivity index is 2.02. The number of hydrogen-bond acceptors (Lipinski definition) is 4. The highest BCUT2D eigenvalue weighted by Crippen LogP contribution is 2.28. The summed E-state index contributed by atoms with van der Waals surface area (Å²) in [6.45, 7) is 3.68. The van der Waals surface area contributed by atoms with Gasteiger partial charge in [-0.3, -0.25) is 4.79 Å². The van der Waals surface area contributed by atoms with Crippen LogP contribution < -0.4 is 10.6 Å². The minimum atomic E-state index is 0.115. The van der Waals surface area contributed by atoms with Crippen molar-refractivity contribution in [3.63, 3.8) is 0 Å². The molecule has 0 aromatic rings. The van der Waals surface area contributed by atoms with E-state index in [4.69, 9.17) is 0 Å². The highest BCUT2D eigenvalue weighted by atomic mass is 16.3. The maximum atomic E-state index is 11.8. The molecule has 2 fully saturated rings. The number of nitrogens with one attached hydrogen (secondary N) is 2. The average molecular weight is 212 g/mol. The molecular formula is C11H20N2O2. The topological polar surface area (TPSA) is 61.4 Å². The highest BCUT2D eigenvalue weighted by molar-refractivity contribution is 5.82. The van der Waals surface area contributed by atoms with Gasteiger partial charge in [0.15, 0.2) is 0 Å². The van der Waals surface area contributed by atoms with E-state index in [-0.39, 0.29) is 12.5 Å². The number of hydrogen-bond donors (Lipinski definition) is 3. The Morgan fingerprint density at radius 1 is 1.27 bits per heavy atom. The Morgan fingerprint density at radius 2 is 2.07 bits per heavy atom. The summed E-state index contributed by atoms with van der Waals surface area (Å²) >= 11 is 0. The van der Waals surface area contributed by atoms with Crippen LogP contribution in [0.5, 0.6) is 0 Å². The summed E-state index contributed by atoms with van der Waals surface area (Å²) < 4.78 is 0. The van der Waals surface area contributed by atoms with Crippen molar-refractivity contribution in [1.29, 1.82) is 0 Å². The van der Waals surface area contributed by atoms with E-state index in [1.54, 1.807) is 0 Å². The third kappa shape index (κ3) is 2.38. The van der Waals surface area contributed by atoms with Crippen molar-refractivity contribution in [1.82, 2.24) is 10.6 Å². The first kappa shape index (κ1) is 11.0. The number of aliphatic hydroxyl groups excluding tert-OH is 1. The molecule has 0 aliphatic carbocycles. The van der Waals surface area contributed by atoms with Gasteiger partial charge in [-0.2, -0.15) is 0 Å². The van der Waals surface area contributed by atoms with Crippen LogP contribution in [0.2, 0.25) is 0 Å². The van der Waals surface area contributed by atoms with Crippen LogP contribution >= 0.6 is 0 Å². The quantitative estimate of drug-likeness (QED) is 0.571. The second kappa shape index (κ2) is 5.05. The first-order valence-electron chi connectivity index (χ1n) is 5.88. The first-order valence-corrected chi connectivity index (χ1v) is 5.88. The lowest BCUT2D eigenvalue weighted by Gasteiger charge is -2.37. The van der Waals surface area contributed by atoms with Gasteiger partial charge in [0, 0.05) is 32.0 Å². The number of carbonyl (C=O) groups is 1. The van der Waals surface area contributed by atoms with Gasteiger partial charge < -0.3 is 15.7 Å². The van der Waals surface area contributed by atoms with Crippen LogP contribution in [0.15, 0.2) is 0 Å². The smallest absolute Gasteiger partial charge is 0.138 e. The van der Waals surface area contributed by atoms with Crippen molar-refractivity contribution in [2.75, 3.05) is 32.8 Å². The summed E-state index contributed by atoms with van der Waals surface area (Å²) in [7, 11) is 0. The molecule has 0 amide bonds. The van der Waals surface area contributed by atoms with Gasteiger partial charge in [-0.15, -0.1) is 0 Å². The molecule has 4 nitrogen and oxygen atoms in total. The van der Waals surface area contributed by atoms with Gasteiger partial charge in [-0.05, 0) is 31.3 Å². The van der Waals surface area contributed by atoms with E-state index in [1.807, 2.05) is 0 Å². The molecule has 0 aromatic carbocycles. The molecule has 0 bridgehead atoms. The zero-order valence-electron chi connectivity index (χ0n) is 9.04. The molecule has 2 aliphatic heterocycles. The van der Waals surface area contributed by atoms with Crippen molar-refractivity contribution in [3.8, 4) is 0 Å². The molecule has 2 aliphatic rings. The molecule has 2 saturated heterocycles. The average Bonchev–Trinajstić information content (AvgIpc) is 2.30. The highest BCUT2D eigenvalue weighted by Gasteiger charge is 2.36. The standard InChI is InChI=1S/C11H20N2O2/c14-7-8-1-3-12-5-9(8)10-6-13-4-2-11(10)15/h8-10,12-14H,1-7H2. The molecule has 15 heavy (non-hydrogen) atoms. The van der Waals surface area contributed by atoms with E-state index in [2.05, 4.69) is 10.6 Å².